The molecular weight excluding hydrogens is 264 g/mol. The fourth-order valence-corrected chi connectivity index (χ4v) is 1.24. The average molecular weight is 275 g/mol. The van der Waals surface area contributed by atoms with Gasteiger partial charge in [0, 0.05) is 4.47 Å². The van der Waals surface area contributed by atoms with E-state index in [4.69, 9.17) is 10.5 Å². The molecule has 0 aliphatic carbocycles. The van der Waals surface area contributed by atoms with E-state index in [0.717, 1.165) is 10.2 Å². The normalized spacial score (nSPS) is 9.50. The number of nitrogens with two attached hydrogens (primary N) is 1. The summed E-state index contributed by atoms with van der Waals surface area (Å²) >= 11 is 7.99. The van der Waals surface area contributed by atoms with E-state index in [9.17, 15) is 0 Å². The second-order valence-corrected chi connectivity index (χ2v) is 3.95. The maximum Gasteiger partial charge on any atom is 0.163 e. The van der Waals surface area contributed by atoms with Crippen LogP contribution in [0.15, 0.2) is 28.7 Å². The second-order valence-electron chi connectivity index (χ2n) is 2.59. The van der Waals surface area contributed by atoms with Crippen LogP contribution in [0.25, 0.3) is 0 Å². The van der Waals surface area contributed by atoms with Crippen LogP contribution in [0.1, 0.15) is 0 Å². The zero-order valence-electron chi connectivity index (χ0n) is 7.50. The first kappa shape index (κ1) is 11.3. The Bertz CT molecular complexity index is 302. The molecule has 0 atom stereocenters. The molecule has 5 heteroatoms. The van der Waals surface area contributed by atoms with Gasteiger partial charge in [-0.15, -0.1) is 0 Å². The molecule has 0 bridgehead atoms. The summed E-state index contributed by atoms with van der Waals surface area (Å²) in [7, 11) is 0. The van der Waals surface area contributed by atoms with Gasteiger partial charge >= 0.3 is 0 Å². The summed E-state index contributed by atoms with van der Waals surface area (Å²) in [6.45, 7) is 1.16. The van der Waals surface area contributed by atoms with Crippen molar-refractivity contribution in [2.24, 2.45) is 5.73 Å². The van der Waals surface area contributed by atoms with E-state index in [2.05, 4.69) is 33.5 Å². The fraction of sp³-hybridized carbons (Fsp3) is 0.222. The van der Waals surface area contributed by atoms with Crippen LogP contribution in [-0.2, 0) is 0 Å². The topological polar surface area (TPSA) is 47.3 Å². The van der Waals surface area contributed by atoms with Gasteiger partial charge in [-0.3, -0.25) is 0 Å². The average Bonchev–Trinajstić information content (AvgIpc) is 2.15. The van der Waals surface area contributed by atoms with Crippen molar-refractivity contribution in [3.63, 3.8) is 0 Å². The molecule has 0 spiro atoms. The van der Waals surface area contributed by atoms with Crippen molar-refractivity contribution >= 4 is 33.3 Å². The first-order valence-corrected chi connectivity index (χ1v) is 5.30. The van der Waals surface area contributed by atoms with Crippen LogP contribution in [0.3, 0.4) is 0 Å². The largest absolute Gasteiger partial charge is 0.492 e. The van der Waals surface area contributed by atoms with Crippen LogP contribution in [-0.4, -0.2) is 18.3 Å². The predicted molar refractivity (Wildman–Crippen MR) is 64.4 cm³/mol. The van der Waals surface area contributed by atoms with Crippen LogP contribution in [0, 0.1) is 0 Å². The van der Waals surface area contributed by atoms with Crippen LogP contribution in [0.4, 0.5) is 0 Å². The molecule has 1 rings (SSSR count). The summed E-state index contributed by atoms with van der Waals surface area (Å²) in [5, 5.41) is 3.10. The van der Waals surface area contributed by atoms with Gasteiger partial charge in [0.15, 0.2) is 5.11 Å². The van der Waals surface area contributed by atoms with E-state index in [1.165, 1.54) is 0 Å². The van der Waals surface area contributed by atoms with Crippen molar-refractivity contribution in [2.75, 3.05) is 13.2 Å². The maximum atomic E-state index is 5.41. The van der Waals surface area contributed by atoms with Gasteiger partial charge in [-0.25, -0.2) is 0 Å². The first-order valence-electron chi connectivity index (χ1n) is 4.10. The smallest absolute Gasteiger partial charge is 0.163 e. The van der Waals surface area contributed by atoms with E-state index in [0.29, 0.717) is 18.3 Å². The third kappa shape index (κ3) is 4.43. The molecule has 0 amide bonds. The molecule has 0 saturated heterocycles. The maximum absolute atomic E-state index is 5.41. The third-order valence-electron chi connectivity index (χ3n) is 1.48. The summed E-state index contributed by atoms with van der Waals surface area (Å²) in [5.41, 5.74) is 5.25. The number of hydrogen-bond donors (Lipinski definition) is 2. The van der Waals surface area contributed by atoms with Gasteiger partial charge in [0.25, 0.3) is 0 Å². The molecule has 0 saturated carbocycles. The number of hydrogen-bond acceptors (Lipinski definition) is 2. The lowest BCUT2D eigenvalue weighted by Crippen LogP contribution is -2.32. The van der Waals surface area contributed by atoms with E-state index < -0.39 is 0 Å². The molecule has 0 radical (unpaired) electrons. The minimum absolute atomic E-state index is 0.296. The predicted octanol–water partition coefficient (Wildman–Crippen LogP) is 1.66. The lowest BCUT2D eigenvalue weighted by molar-refractivity contribution is 0.322. The van der Waals surface area contributed by atoms with Crippen LogP contribution in [0.5, 0.6) is 5.75 Å². The van der Waals surface area contributed by atoms with Gasteiger partial charge in [-0.1, -0.05) is 15.9 Å². The molecule has 0 unspecified atom stereocenters. The number of ether oxygens (including phenoxy) is 1. The number of nitrogens with one attached hydrogen (secondary N) is 1. The Balaban J connectivity index is 2.25. The van der Waals surface area contributed by atoms with Crippen molar-refractivity contribution in [1.82, 2.24) is 5.32 Å². The summed E-state index contributed by atoms with van der Waals surface area (Å²) in [6, 6.07) is 7.64. The summed E-state index contributed by atoms with van der Waals surface area (Å²) in [4.78, 5) is 0. The lowest BCUT2D eigenvalue weighted by Gasteiger charge is -2.06. The molecular formula is C9H11BrN2OS. The fourth-order valence-electron chi connectivity index (χ4n) is 0.874. The van der Waals surface area contributed by atoms with E-state index in [-0.39, 0.29) is 0 Å². The Morgan fingerprint density at radius 2 is 2.07 bits per heavy atom. The number of benzene rings is 1. The van der Waals surface area contributed by atoms with Gasteiger partial charge in [-0.05, 0) is 36.5 Å². The van der Waals surface area contributed by atoms with Gasteiger partial charge in [-0.2, -0.15) is 0 Å². The Labute approximate surface area is 96.8 Å². The van der Waals surface area contributed by atoms with E-state index >= 15 is 0 Å². The molecule has 14 heavy (non-hydrogen) atoms. The van der Waals surface area contributed by atoms with Gasteiger partial charge < -0.3 is 15.8 Å². The minimum atomic E-state index is 0.296. The zero-order chi connectivity index (χ0) is 10.4. The molecule has 1 aromatic rings. The van der Waals surface area contributed by atoms with Crippen molar-refractivity contribution < 1.29 is 4.74 Å². The first-order chi connectivity index (χ1) is 6.68. The number of thiocarbonyl (C=S) groups is 1. The Hall–Kier alpha value is -0.810. The number of halogens is 1. The highest BCUT2D eigenvalue weighted by atomic mass is 79.9. The van der Waals surface area contributed by atoms with Gasteiger partial charge in [0.1, 0.15) is 12.4 Å². The van der Waals surface area contributed by atoms with Crippen LogP contribution >= 0.6 is 28.1 Å². The monoisotopic (exact) mass is 274 g/mol. The second kappa shape index (κ2) is 5.82. The third-order valence-corrected chi connectivity index (χ3v) is 2.16. The highest BCUT2D eigenvalue weighted by Crippen LogP contribution is 2.15. The molecule has 0 heterocycles. The van der Waals surface area contributed by atoms with Crippen molar-refractivity contribution in [2.45, 2.75) is 0 Å². The standard InChI is InChI=1S/C9H11BrN2OS/c10-7-1-3-8(4-2-7)13-6-5-12-9(11)14/h1-4H,5-6H2,(H3,11,12,14). The molecule has 0 aliphatic rings. The molecule has 1 aromatic carbocycles. The molecule has 3 N–H and O–H groups in total. The zero-order valence-corrected chi connectivity index (χ0v) is 9.90. The van der Waals surface area contributed by atoms with Crippen molar-refractivity contribution in [1.29, 1.82) is 0 Å². The lowest BCUT2D eigenvalue weighted by atomic mass is 10.3. The molecule has 0 aliphatic heterocycles. The SMILES string of the molecule is NC(=S)NCCOc1ccc(Br)cc1. The quantitative estimate of drug-likeness (QED) is 0.648. The molecule has 0 fully saturated rings. The Morgan fingerprint density at radius 3 is 2.64 bits per heavy atom. The number of rotatable bonds is 4. The van der Waals surface area contributed by atoms with Crippen LogP contribution < -0.4 is 15.8 Å². The van der Waals surface area contributed by atoms with Crippen molar-refractivity contribution in [3.8, 4) is 5.75 Å². The summed E-state index contributed by atoms with van der Waals surface area (Å²) < 4.78 is 6.45. The van der Waals surface area contributed by atoms with Crippen molar-refractivity contribution in [3.05, 3.63) is 28.7 Å². The van der Waals surface area contributed by atoms with E-state index in [1.807, 2.05) is 24.3 Å². The Kier molecular flexibility index (Phi) is 4.69. The molecule has 76 valence electrons. The van der Waals surface area contributed by atoms with E-state index in [1.54, 1.807) is 0 Å². The summed E-state index contributed by atoms with van der Waals surface area (Å²) in [6.07, 6.45) is 0. The van der Waals surface area contributed by atoms with Crippen LogP contribution in [0.2, 0.25) is 0 Å². The highest BCUT2D eigenvalue weighted by Gasteiger charge is 1.93. The molecule has 0 aromatic heterocycles. The molecule has 3 nitrogen and oxygen atoms in total. The minimum Gasteiger partial charge on any atom is -0.492 e. The highest BCUT2D eigenvalue weighted by molar-refractivity contribution is 9.10. The van der Waals surface area contributed by atoms with Gasteiger partial charge in [0.2, 0.25) is 0 Å². The summed E-state index contributed by atoms with van der Waals surface area (Å²) in [5.74, 6) is 0.831. The Morgan fingerprint density at radius 1 is 1.43 bits per heavy atom. The van der Waals surface area contributed by atoms with Gasteiger partial charge in [0.05, 0.1) is 6.54 Å².